The Kier molecular flexibility index (Phi) is 5.22. The number of hydrogen-bond donors (Lipinski definition) is 1. The van der Waals surface area contributed by atoms with Crippen molar-refractivity contribution in [3.05, 3.63) is 35.4 Å². The van der Waals surface area contributed by atoms with Crippen molar-refractivity contribution in [3.63, 3.8) is 0 Å². The Labute approximate surface area is 131 Å². The number of benzene rings is 1. The Balaban J connectivity index is 2.19. The van der Waals surface area contributed by atoms with Gasteiger partial charge in [-0.15, -0.1) is 0 Å². The molecule has 0 saturated heterocycles. The molecule has 1 aromatic rings. The Morgan fingerprint density at radius 3 is 2.27 bits per heavy atom. The smallest absolute Gasteiger partial charge is 0.148 e. The van der Waals surface area contributed by atoms with E-state index >= 15 is 0 Å². The van der Waals surface area contributed by atoms with Crippen LogP contribution >= 0.6 is 0 Å². The minimum atomic E-state index is -3.08. The second-order valence-electron chi connectivity index (χ2n) is 6.46. The fourth-order valence-corrected chi connectivity index (χ4v) is 4.48. The lowest BCUT2D eigenvalue weighted by atomic mass is 9.78. The van der Waals surface area contributed by atoms with Crippen molar-refractivity contribution in [1.29, 1.82) is 0 Å². The van der Waals surface area contributed by atoms with E-state index < -0.39 is 26.9 Å². The van der Waals surface area contributed by atoms with Gasteiger partial charge in [0, 0.05) is 29.8 Å². The van der Waals surface area contributed by atoms with E-state index in [2.05, 4.69) is 5.32 Å². The van der Waals surface area contributed by atoms with Gasteiger partial charge < -0.3 is 5.32 Å². The van der Waals surface area contributed by atoms with E-state index in [1.165, 1.54) is 24.5 Å². The molecule has 0 aromatic heterocycles. The van der Waals surface area contributed by atoms with Gasteiger partial charge in [0.05, 0.1) is 5.75 Å². The highest BCUT2D eigenvalue weighted by Gasteiger charge is 2.39. The van der Waals surface area contributed by atoms with Crippen molar-refractivity contribution in [2.24, 2.45) is 0 Å². The van der Waals surface area contributed by atoms with Crippen molar-refractivity contribution in [1.82, 2.24) is 5.32 Å². The fourth-order valence-electron chi connectivity index (χ4n) is 3.45. The summed E-state index contributed by atoms with van der Waals surface area (Å²) >= 11 is 0. The molecular weight excluding hydrogens is 308 g/mol. The first kappa shape index (κ1) is 17.3. The summed E-state index contributed by atoms with van der Waals surface area (Å²) in [6, 6.07) is 3.70. The second-order valence-corrected chi connectivity index (χ2v) is 8.64. The summed E-state index contributed by atoms with van der Waals surface area (Å²) in [4.78, 5) is 0. The zero-order valence-electron chi connectivity index (χ0n) is 13.0. The standard InChI is InChI=1S/C16H23F2NO2S/c1-12(10-22(2,20)21)19-11-16(8-3-4-9-16)15-13(17)6-5-7-14(15)18/h5-7,12,19H,3-4,8-11H2,1-2H3/t12-/m1/s1. The number of halogens is 2. The van der Waals surface area contributed by atoms with Gasteiger partial charge in [0.2, 0.25) is 0 Å². The molecule has 0 radical (unpaired) electrons. The number of sulfone groups is 1. The fraction of sp³-hybridized carbons (Fsp3) is 0.625. The van der Waals surface area contributed by atoms with Crippen LogP contribution in [0.1, 0.15) is 38.2 Å². The zero-order chi connectivity index (χ0) is 16.4. The molecule has 1 aromatic carbocycles. The van der Waals surface area contributed by atoms with E-state index in [9.17, 15) is 17.2 Å². The minimum Gasteiger partial charge on any atom is -0.312 e. The second kappa shape index (κ2) is 6.62. The van der Waals surface area contributed by atoms with Crippen LogP contribution in [0.3, 0.4) is 0 Å². The molecule has 0 amide bonds. The molecule has 3 nitrogen and oxygen atoms in total. The van der Waals surface area contributed by atoms with Crippen LogP contribution in [0.25, 0.3) is 0 Å². The first-order chi connectivity index (χ1) is 10.2. The SMILES string of the molecule is C[C@H](CS(C)(=O)=O)NCC1(c2c(F)cccc2F)CCCC1. The van der Waals surface area contributed by atoms with Crippen LogP contribution in [0.15, 0.2) is 18.2 Å². The maximum atomic E-state index is 14.2. The maximum absolute atomic E-state index is 14.2. The maximum Gasteiger partial charge on any atom is 0.148 e. The van der Waals surface area contributed by atoms with Crippen LogP contribution < -0.4 is 5.32 Å². The lowest BCUT2D eigenvalue weighted by Crippen LogP contribution is -2.43. The molecule has 0 unspecified atom stereocenters. The Hall–Kier alpha value is -1.01. The highest BCUT2D eigenvalue weighted by Crippen LogP contribution is 2.42. The molecule has 1 saturated carbocycles. The molecule has 1 N–H and O–H groups in total. The summed E-state index contributed by atoms with van der Waals surface area (Å²) in [6.07, 6.45) is 4.46. The Bertz CT molecular complexity index is 605. The molecule has 0 bridgehead atoms. The van der Waals surface area contributed by atoms with Gasteiger partial charge in [0.15, 0.2) is 0 Å². The third-order valence-electron chi connectivity index (χ3n) is 4.40. The number of nitrogens with one attached hydrogen (secondary N) is 1. The normalized spacial score (nSPS) is 19.3. The molecule has 1 atom stereocenters. The average molecular weight is 331 g/mol. The van der Waals surface area contributed by atoms with Gasteiger partial charge in [-0.25, -0.2) is 17.2 Å². The quantitative estimate of drug-likeness (QED) is 0.872. The molecule has 1 aliphatic carbocycles. The molecule has 2 rings (SSSR count). The Morgan fingerprint density at radius 1 is 1.23 bits per heavy atom. The number of rotatable bonds is 6. The van der Waals surface area contributed by atoms with Crippen molar-refractivity contribution < 1.29 is 17.2 Å². The van der Waals surface area contributed by atoms with Gasteiger partial charge in [-0.1, -0.05) is 18.9 Å². The van der Waals surface area contributed by atoms with E-state index in [0.717, 1.165) is 12.8 Å². The summed E-state index contributed by atoms with van der Waals surface area (Å²) in [5.74, 6) is -1.01. The first-order valence-corrected chi connectivity index (χ1v) is 9.65. The molecule has 1 fully saturated rings. The minimum absolute atomic E-state index is 0.0167. The monoisotopic (exact) mass is 331 g/mol. The van der Waals surface area contributed by atoms with Gasteiger partial charge in [-0.3, -0.25) is 0 Å². The van der Waals surface area contributed by atoms with E-state index in [4.69, 9.17) is 0 Å². The topological polar surface area (TPSA) is 46.2 Å². The summed E-state index contributed by atoms with van der Waals surface area (Å²) in [5, 5.41) is 3.16. The van der Waals surface area contributed by atoms with Crippen molar-refractivity contribution >= 4 is 9.84 Å². The lowest BCUT2D eigenvalue weighted by molar-refractivity contribution is 0.356. The molecule has 1 aliphatic rings. The predicted molar refractivity (Wildman–Crippen MR) is 83.7 cm³/mol. The van der Waals surface area contributed by atoms with Gasteiger partial charge in [0.25, 0.3) is 0 Å². The summed E-state index contributed by atoms with van der Waals surface area (Å²) in [7, 11) is -3.08. The lowest BCUT2D eigenvalue weighted by Gasteiger charge is -2.32. The van der Waals surface area contributed by atoms with Crippen molar-refractivity contribution in [2.45, 2.75) is 44.1 Å². The van der Waals surface area contributed by atoms with Crippen LogP contribution in [-0.2, 0) is 15.3 Å². The molecule has 0 spiro atoms. The van der Waals surface area contributed by atoms with Crippen molar-refractivity contribution in [3.8, 4) is 0 Å². The van der Waals surface area contributed by atoms with E-state index in [1.807, 2.05) is 0 Å². The van der Waals surface area contributed by atoms with Gasteiger partial charge >= 0.3 is 0 Å². The molecule has 22 heavy (non-hydrogen) atoms. The molecule has 6 heteroatoms. The predicted octanol–water partition coefficient (Wildman–Crippen LogP) is 2.80. The van der Waals surface area contributed by atoms with Crippen molar-refractivity contribution in [2.75, 3.05) is 18.6 Å². The highest BCUT2D eigenvalue weighted by atomic mass is 32.2. The average Bonchev–Trinajstić information content (AvgIpc) is 2.84. The van der Waals surface area contributed by atoms with Crippen LogP contribution in [0.5, 0.6) is 0 Å². The van der Waals surface area contributed by atoms with E-state index in [-0.39, 0.29) is 17.4 Å². The van der Waals surface area contributed by atoms with E-state index in [1.54, 1.807) is 6.92 Å². The van der Waals surface area contributed by atoms with Gasteiger partial charge in [-0.05, 0) is 31.9 Å². The summed E-state index contributed by atoms with van der Waals surface area (Å²) in [6.45, 7) is 2.17. The van der Waals surface area contributed by atoms with Crippen LogP contribution in [0.4, 0.5) is 8.78 Å². The van der Waals surface area contributed by atoms with Gasteiger partial charge in [0.1, 0.15) is 21.5 Å². The molecule has 0 aliphatic heterocycles. The van der Waals surface area contributed by atoms with Crippen LogP contribution in [0, 0.1) is 11.6 Å². The molecule has 0 heterocycles. The third kappa shape index (κ3) is 4.04. The molecule has 124 valence electrons. The summed E-state index contributed by atoms with van der Waals surface area (Å²) < 4.78 is 51.0. The van der Waals surface area contributed by atoms with Crippen LogP contribution in [0.2, 0.25) is 0 Å². The van der Waals surface area contributed by atoms with E-state index in [0.29, 0.717) is 19.4 Å². The number of hydrogen-bond acceptors (Lipinski definition) is 3. The van der Waals surface area contributed by atoms with Crippen LogP contribution in [-0.4, -0.2) is 33.0 Å². The van der Waals surface area contributed by atoms with Gasteiger partial charge in [-0.2, -0.15) is 0 Å². The highest BCUT2D eigenvalue weighted by molar-refractivity contribution is 7.90. The molecular formula is C16H23F2NO2S. The zero-order valence-corrected chi connectivity index (χ0v) is 13.8. The third-order valence-corrected chi connectivity index (χ3v) is 5.50. The summed E-state index contributed by atoms with van der Waals surface area (Å²) in [5.41, 5.74) is -0.437. The Morgan fingerprint density at radius 2 is 1.77 bits per heavy atom. The first-order valence-electron chi connectivity index (χ1n) is 7.59. The largest absolute Gasteiger partial charge is 0.312 e.